The smallest absolute Gasteiger partial charge is 0.0720 e. The maximum atomic E-state index is 6.41. The van der Waals surface area contributed by atoms with Crippen molar-refractivity contribution in [2.75, 3.05) is 0 Å². The first-order valence-corrected chi connectivity index (χ1v) is 12.4. The molecule has 0 saturated heterocycles. The third-order valence-corrected chi connectivity index (χ3v) is 10.1. The fourth-order valence-corrected chi connectivity index (χ4v) is 8.48. The molecule has 0 heterocycles. The molecule has 1 aromatic carbocycles. The van der Waals surface area contributed by atoms with Crippen molar-refractivity contribution in [3.8, 4) is 0 Å². The van der Waals surface area contributed by atoms with Gasteiger partial charge in [-0.2, -0.15) is 0 Å². The van der Waals surface area contributed by atoms with Crippen molar-refractivity contribution in [2.45, 2.75) is 91.3 Å². The highest BCUT2D eigenvalue weighted by molar-refractivity contribution is 5.23. The second kappa shape index (κ2) is 7.56. The average Bonchev–Trinajstić information content (AvgIpc) is 3.09. The van der Waals surface area contributed by atoms with Crippen LogP contribution in [-0.2, 0) is 11.3 Å². The summed E-state index contributed by atoms with van der Waals surface area (Å²) in [5.74, 6) is 3.78. The molecule has 0 aromatic heterocycles. The van der Waals surface area contributed by atoms with E-state index in [4.69, 9.17) is 4.74 Å². The number of allylic oxidation sites excluding steroid dienone is 2. The molecule has 5 rings (SSSR count). The predicted molar refractivity (Wildman–Crippen MR) is 121 cm³/mol. The molecule has 1 heteroatoms. The maximum absolute atomic E-state index is 6.41. The second-order valence-corrected chi connectivity index (χ2v) is 11.2. The number of benzene rings is 1. The predicted octanol–water partition coefficient (Wildman–Crippen LogP) is 7.56. The Labute approximate surface area is 178 Å². The van der Waals surface area contributed by atoms with Crippen LogP contribution in [-0.4, -0.2) is 6.10 Å². The third kappa shape index (κ3) is 3.23. The van der Waals surface area contributed by atoms with E-state index in [0.29, 0.717) is 16.9 Å². The minimum atomic E-state index is 0.472. The van der Waals surface area contributed by atoms with Gasteiger partial charge in [0, 0.05) is 0 Å². The maximum Gasteiger partial charge on any atom is 0.0720 e. The molecule has 29 heavy (non-hydrogen) atoms. The van der Waals surface area contributed by atoms with E-state index in [1.54, 1.807) is 5.57 Å². The summed E-state index contributed by atoms with van der Waals surface area (Å²) in [6, 6.07) is 10.7. The van der Waals surface area contributed by atoms with Crippen LogP contribution in [0.15, 0.2) is 42.0 Å². The van der Waals surface area contributed by atoms with Gasteiger partial charge in [0.15, 0.2) is 0 Å². The lowest BCUT2D eigenvalue weighted by atomic mass is 9.45. The van der Waals surface area contributed by atoms with Crippen LogP contribution in [0.4, 0.5) is 0 Å². The molecule has 0 aliphatic heterocycles. The minimum Gasteiger partial charge on any atom is -0.374 e. The standard InChI is InChI=1S/C28H40O/c1-4-21-11-13-25-24-12-10-22-18-23(29-19-20-8-6-5-7-9-20)14-16-28(22,3)26(24)15-17-27(21,25)2/h4-9,22-26H,10-19H2,1-3H3/b21-4-/t22?,23-,24?,25?,26?,27+,28-/m0/s1. The summed E-state index contributed by atoms with van der Waals surface area (Å²) in [7, 11) is 0. The third-order valence-electron chi connectivity index (χ3n) is 10.1. The molecule has 1 nitrogen and oxygen atoms in total. The Balaban J connectivity index is 1.27. The van der Waals surface area contributed by atoms with Crippen molar-refractivity contribution < 1.29 is 4.74 Å². The Morgan fingerprint density at radius 1 is 0.966 bits per heavy atom. The van der Waals surface area contributed by atoms with Gasteiger partial charge in [-0.3, -0.25) is 0 Å². The molecule has 4 saturated carbocycles. The van der Waals surface area contributed by atoms with E-state index in [-0.39, 0.29) is 0 Å². The average molecular weight is 393 g/mol. The molecule has 0 spiro atoms. The van der Waals surface area contributed by atoms with E-state index >= 15 is 0 Å². The van der Waals surface area contributed by atoms with Crippen LogP contribution in [0.25, 0.3) is 0 Å². The van der Waals surface area contributed by atoms with Gasteiger partial charge in [-0.25, -0.2) is 0 Å². The summed E-state index contributed by atoms with van der Waals surface area (Å²) in [6.07, 6.45) is 15.6. The molecule has 4 unspecified atom stereocenters. The Hall–Kier alpha value is -1.08. The molecule has 4 aliphatic carbocycles. The molecule has 4 fully saturated rings. The molecule has 0 bridgehead atoms. The monoisotopic (exact) mass is 392 g/mol. The van der Waals surface area contributed by atoms with Gasteiger partial charge >= 0.3 is 0 Å². The summed E-state index contributed by atoms with van der Waals surface area (Å²) in [5.41, 5.74) is 4.19. The number of rotatable bonds is 3. The summed E-state index contributed by atoms with van der Waals surface area (Å²) < 4.78 is 6.41. The summed E-state index contributed by atoms with van der Waals surface area (Å²) in [6.45, 7) is 8.35. The van der Waals surface area contributed by atoms with Gasteiger partial charge in [0.25, 0.3) is 0 Å². The molecule has 1 aromatic rings. The lowest BCUT2D eigenvalue weighted by molar-refractivity contribution is -0.128. The molecular weight excluding hydrogens is 352 g/mol. The Morgan fingerprint density at radius 2 is 1.79 bits per heavy atom. The highest BCUT2D eigenvalue weighted by Gasteiger charge is 2.58. The van der Waals surface area contributed by atoms with Gasteiger partial charge in [0.05, 0.1) is 12.7 Å². The van der Waals surface area contributed by atoms with Crippen LogP contribution in [0.2, 0.25) is 0 Å². The lowest BCUT2D eigenvalue weighted by Gasteiger charge is -2.60. The zero-order valence-corrected chi connectivity index (χ0v) is 18.8. The summed E-state index contributed by atoms with van der Waals surface area (Å²) >= 11 is 0. The fraction of sp³-hybridized carbons (Fsp3) is 0.714. The first-order chi connectivity index (χ1) is 14.0. The van der Waals surface area contributed by atoms with Gasteiger partial charge in [-0.15, -0.1) is 0 Å². The summed E-state index contributed by atoms with van der Waals surface area (Å²) in [4.78, 5) is 0. The van der Waals surface area contributed by atoms with Crippen LogP contribution in [0.3, 0.4) is 0 Å². The second-order valence-electron chi connectivity index (χ2n) is 11.2. The number of ether oxygens (including phenoxy) is 1. The van der Waals surface area contributed by atoms with E-state index in [0.717, 1.165) is 30.3 Å². The molecular formula is C28H40O. The minimum absolute atomic E-state index is 0.472. The van der Waals surface area contributed by atoms with E-state index in [2.05, 4.69) is 57.2 Å². The molecule has 4 aliphatic rings. The van der Waals surface area contributed by atoms with Crippen molar-refractivity contribution in [2.24, 2.45) is 34.5 Å². The molecule has 0 radical (unpaired) electrons. The SMILES string of the molecule is C/C=C1/CCC2C3CCC4C[C@@H](OCc5ccccc5)CC[C@]4(C)C3CC[C@]12C. The van der Waals surface area contributed by atoms with E-state index < -0.39 is 0 Å². The van der Waals surface area contributed by atoms with E-state index in [1.807, 2.05) is 0 Å². The van der Waals surface area contributed by atoms with E-state index in [1.165, 1.54) is 63.4 Å². The Kier molecular flexibility index (Phi) is 5.18. The van der Waals surface area contributed by atoms with E-state index in [9.17, 15) is 0 Å². The van der Waals surface area contributed by atoms with Crippen molar-refractivity contribution >= 4 is 0 Å². The molecule has 7 atom stereocenters. The van der Waals surface area contributed by atoms with Gasteiger partial charge in [0.1, 0.15) is 0 Å². The van der Waals surface area contributed by atoms with Crippen LogP contribution in [0.5, 0.6) is 0 Å². The largest absolute Gasteiger partial charge is 0.374 e. The summed E-state index contributed by atoms with van der Waals surface area (Å²) in [5, 5.41) is 0. The zero-order valence-electron chi connectivity index (χ0n) is 18.8. The van der Waals surface area contributed by atoms with Gasteiger partial charge < -0.3 is 4.74 Å². The van der Waals surface area contributed by atoms with Crippen molar-refractivity contribution in [1.82, 2.24) is 0 Å². The Morgan fingerprint density at radius 3 is 2.59 bits per heavy atom. The number of hydrogen-bond acceptors (Lipinski definition) is 1. The lowest BCUT2D eigenvalue weighted by Crippen LogP contribution is -2.53. The molecule has 0 N–H and O–H groups in total. The highest BCUT2D eigenvalue weighted by Crippen LogP contribution is 2.67. The quantitative estimate of drug-likeness (QED) is 0.482. The normalized spacial score (nSPS) is 45.5. The Bertz CT molecular complexity index is 751. The number of fused-ring (bicyclic) bond motifs is 5. The van der Waals surface area contributed by atoms with Crippen LogP contribution < -0.4 is 0 Å². The fourth-order valence-electron chi connectivity index (χ4n) is 8.48. The number of hydrogen-bond donors (Lipinski definition) is 0. The molecule has 158 valence electrons. The first-order valence-electron chi connectivity index (χ1n) is 12.4. The highest BCUT2D eigenvalue weighted by atomic mass is 16.5. The zero-order chi connectivity index (χ0) is 20.1. The van der Waals surface area contributed by atoms with Gasteiger partial charge in [-0.05, 0) is 105 Å². The van der Waals surface area contributed by atoms with Crippen LogP contribution in [0.1, 0.15) is 84.1 Å². The van der Waals surface area contributed by atoms with Gasteiger partial charge in [-0.1, -0.05) is 55.8 Å². The van der Waals surface area contributed by atoms with Crippen molar-refractivity contribution in [1.29, 1.82) is 0 Å². The van der Waals surface area contributed by atoms with Crippen LogP contribution in [0, 0.1) is 34.5 Å². The van der Waals surface area contributed by atoms with Gasteiger partial charge in [0.2, 0.25) is 0 Å². The van der Waals surface area contributed by atoms with Crippen molar-refractivity contribution in [3.05, 3.63) is 47.5 Å². The first kappa shape index (κ1) is 19.9. The topological polar surface area (TPSA) is 9.23 Å². The van der Waals surface area contributed by atoms with Crippen molar-refractivity contribution in [3.63, 3.8) is 0 Å². The molecule has 0 amide bonds. The van der Waals surface area contributed by atoms with Crippen LogP contribution >= 0.6 is 0 Å².